The van der Waals surface area contributed by atoms with Crippen molar-refractivity contribution in [3.05, 3.63) is 97.9 Å². The van der Waals surface area contributed by atoms with Gasteiger partial charge in [0.25, 0.3) is 0 Å². The van der Waals surface area contributed by atoms with Crippen molar-refractivity contribution in [1.82, 2.24) is 10.2 Å². The number of halogens is 4. The van der Waals surface area contributed by atoms with Crippen LogP contribution in [0.3, 0.4) is 0 Å². The SMILES string of the molecule is CC(C)(C)NC(=O)[C@@H](Cc1ccccc1)N(Cc1ccc(Cl)cc1Cl)C(=O)CN(c1cc(Cl)cc(Cl)c1)S(C)(=O)=O. The molecule has 0 spiro atoms. The van der Waals surface area contributed by atoms with E-state index in [2.05, 4.69) is 5.32 Å². The molecule has 1 N–H and O–H groups in total. The molecule has 0 aliphatic rings. The van der Waals surface area contributed by atoms with Gasteiger partial charge in [0, 0.05) is 38.6 Å². The first kappa shape index (κ1) is 33.0. The first-order valence-corrected chi connectivity index (χ1v) is 15.9. The molecule has 0 aliphatic heterocycles. The van der Waals surface area contributed by atoms with Gasteiger partial charge in [0.1, 0.15) is 12.6 Å². The average Bonchev–Trinajstić information content (AvgIpc) is 2.84. The van der Waals surface area contributed by atoms with Gasteiger partial charge in [-0.3, -0.25) is 13.9 Å². The molecule has 0 unspecified atom stereocenters. The second kappa shape index (κ2) is 13.7. The van der Waals surface area contributed by atoms with Crippen LogP contribution < -0.4 is 9.62 Å². The Kier molecular flexibility index (Phi) is 11.0. The first-order valence-electron chi connectivity index (χ1n) is 12.6. The summed E-state index contributed by atoms with van der Waals surface area (Å²) in [4.78, 5) is 29.2. The molecule has 0 radical (unpaired) electrons. The number of hydrogen-bond acceptors (Lipinski definition) is 4. The van der Waals surface area contributed by atoms with Crippen molar-refractivity contribution in [1.29, 1.82) is 0 Å². The second-order valence-corrected chi connectivity index (χ2v) is 14.2. The lowest BCUT2D eigenvalue weighted by Crippen LogP contribution is -2.56. The van der Waals surface area contributed by atoms with Gasteiger partial charge in [-0.2, -0.15) is 0 Å². The molecule has 220 valence electrons. The van der Waals surface area contributed by atoms with Crippen molar-refractivity contribution in [2.45, 2.75) is 45.3 Å². The zero-order chi connectivity index (χ0) is 30.5. The smallest absolute Gasteiger partial charge is 0.244 e. The maximum absolute atomic E-state index is 14.1. The van der Waals surface area contributed by atoms with Crippen LogP contribution in [0.2, 0.25) is 20.1 Å². The summed E-state index contributed by atoms with van der Waals surface area (Å²) in [6.45, 7) is 4.80. The number of nitrogens with zero attached hydrogens (tertiary/aromatic N) is 2. The van der Waals surface area contributed by atoms with Crippen LogP contribution >= 0.6 is 46.4 Å². The number of sulfonamides is 1. The molecule has 3 aromatic carbocycles. The van der Waals surface area contributed by atoms with E-state index < -0.39 is 40.0 Å². The monoisotopic (exact) mass is 657 g/mol. The van der Waals surface area contributed by atoms with Crippen LogP contribution in [-0.4, -0.2) is 49.5 Å². The van der Waals surface area contributed by atoms with Crippen LogP contribution in [0.1, 0.15) is 31.9 Å². The van der Waals surface area contributed by atoms with Crippen LogP contribution in [0.5, 0.6) is 0 Å². The van der Waals surface area contributed by atoms with Crippen molar-refractivity contribution in [3.8, 4) is 0 Å². The molecule has 0 saturated heterocycles. The lowest BCUT2D eigenvalue weighted by molar-refractivity contribution is -0.140. The Morgan fingerprint density at radius 1 is 0.878 bits per heavy atom. The van der Waals surface area contributed by atoms with Crippen LogP contribution in [0.15, 0.2) is 66.7 Å². The van der Waals surface area contributed by atoms with Crippen molar-refractivity contribution < 1.29 is 18.0 Å². The zero-order valence-corrected chi connectivity index (χ0v) is 26.8. The summed E-state index contributed by atoms with van der Waals surface area (Å²) < 4.78 is 26.7. The fraction of sp³-hybridized carbons (Fsp3) is 0.310. The number of rotatable bonds is 10. The lowest BCUT2D eigenvalue weighted by Gasteiger charge is -2.35. The normalized spacial score (nSPS) is 12.5. The summed E-state index contributed by atoms with van der Waals surface area (Å²) in [6, 6.07) is 17.3. The van der Waals surface area contributed by atoms with Crippen LogP contribution in [-0.2, 0) is 32.6 Å². The summed E-state index contributed by atoms with van der Waals surface area (Å²) in [6.07, 6.45) is 1.14. The fourth-order valence-electron chi connectivity index (χ4n) is 4.14. The molecule has 0 aliphatic carbocycles. The molecular formula is C29H31Cl4N3O4S. The van der Waals surface area contributed by atoms with Crippen molar-refractivity contribution in [2.24, 2.45) is 0 Å². The van der Waals surface area contributed by atoms with E-state index in [0.717, 1.165) is 16.1 Å². The highest BCUT2D eigenvalue weighted by atomic mass is 35.5. The molecule has 41 heavy (non-hydrogen) atoms. The minimum absolute atomic E-state index is 0.0855. The summed E-state index contributed by atoms with van der Waals surface area (Å²) in [5.41, 5.74) is 0.849. The van der Waals surface area contributed by atoms with Crippen LogP contribution in [0, 0.1) is 0 Å². The predicted molar refractivity (Wildman–Crippen MR) is 167 cm³/mol. The standard InChI is InChI=1S/C29H31Cl4N3O4S/c1-29(2,3)34-28(38)26(12-19-8-6-5-7-9-19)35(17-20-10-11-21(30)16-25(20)33)27(37)18-36(41(4,39)40)24-14-22(31)13-23(32)15-24/h5-11,13-16,26H,12,17-18H2,1-4H3,(H,34,38)/t26-/m1/s1. The maximum atomic E-state index is 14.1. The maximum Gasteiger partial charge on any atom is 0.244 e. The van der Waals surface area contributed by atoms with E-state index in [0.29, 0.717) is 15.6 Å². The quantitative estimate of drug-likeness (QED) is 0.265. The third-order valence-corrected chi connectivity index (χ3v) is 8.10. The molecule has 3 rings (SSSR count). The number of benzene rings is 3. The molecule has 0 fully saturated rings. The summed E-state index contributed by atoms with van der Waals surface area (Å²) in [7, 11) is -3.98. The van der Waals surface area contributed by atoms with Gasteiger partial charge in [0.2, 0.25) is 21.8 Å². The summed E-state index contributed by atoms with van der Waals surface area (Å²) in [5, 5.41) is 4.06. The van der Waals surface area contributed by atoms with E-state index in [1.165, 1.54) is 23.1 Å². The molecule has 12 heteroatoms. The number of carbonyl (C=O) groups is 2. The van der Waals surface area contributed by atoms with Crippen LogP contribution in [0.4, 0.5) is 5.69 Å². The van der Waals surface area contributed by atoms with Gasteiger partial charge in [-0.05, 0) is 62.2 Å². The van der Waals surface area contributed by atoms with Gasteiger partial charge in [0.15, 0.2) is 0 Å². The summed E-state index contributed by atoms with van der Waals surface area (Å²) in [5.74, 6) is -1.04. The van der Waals surface area contributed by atoms with Crippen molar-refractivity contribution in [3.63, 3.8) is 0 Å². The third-order valence-electron chi connectivity index (χ3n) is 5.94. The van der Waals surface area contributed by atoms with Gasteiger partial charge >= 0.3 is 0 Å². The molecule has 0 heterocycles. The van der Waals surface area contributed by atoms with Crippen molar-refractivity contribution >= 4 is 73.9 Å². The highest BCUT2D eigenvalue weighted by Crippen LogP contribution is 2.28. The molecule has 0 saturated carbocycles. The second-order valence-electron chi connectivity index (χ2n) is 10.6. The van der Waals surface area contributed by atoms with Gasteiger partial charge < -0.3 is 10.2 Å². The Hall–Kier alpha value is -2.49. The van der Waals surface area contributed by atoms with E-state index in [9.17, 15) is 18.0 Å². The Morgan fingerprint density at radius 3 is 2.02 bits per heavy atom. The largest absolute Gasteiger partial charge is 0.350 e. The third kappa shape index (κ3) is 9.79. The Balaban J connectivity index is 2.12. The highest BCUT2D eigenvalue weighted by Gasteiger charge is 2.34. The molecular weight excluding hydrogens is 628 g/mol. The predicted octanol–water partition coefficient (Wildman–Crippen LogP) is 6.62. The zero-order valence-electron chi connectivity index (χ0n) is 23.0. The minimum atomic E-state index is -3.98. The van der Waals surface area contributed by atoms with E-state index in [4.69, 9.17) is 46.4 Å². The van der Waals surface area contributed by atoms with E-state index in [1.54, 1.807) is 18.2 Å². The average molecular weight is 659 g/mol. The van der Waals surface area contributed by atoms with Crippen LogP contribution in [0.25, 0.3) is 0 Å². The highest BCUT2D eigenvalue weighted by molar-refractivity contribution is 7.92. The van der Waals surface area contributed by atoms with E-state index >= 15 is 0 Å². The first-order chi connectivity index (χ1) is 19.0. The topological polar surface area (TPSA) is 86.8 Å². The lowest BCUT2D eigenvalue weighted by atomic mass is 10.0. The Bertz CT molecular complexity index is 1490. The molecule has 0 bridgehead atoms. The van der Waals surface area contributed by atoms with Gasteiger partial charge in [-0.1, -0.05) is 82.8 Å². The molecule has 7 nitrogen and oxygen atoms in total. The number of amides is 2. The van der Waals surface area contributed by atoms with Crippen molar-refractivity contribution in [2.75, 3.05) is 17.1 Å². The molecule has 1 atom stereocenters. The van der Waals surface area contributed by atoms with Gasteiger partial charge in [-0.15, -0.1) is 0 Å². The summed E-state index contributed by atoms with van der Waals surface area (Å²) >= 11 is 24.9. The van der Waals surface area contributed by atoms with Gasteiger partial charge in [0.05, 0.1) is 11.9 Å². The number of anilines is 1. The fourth-order valence-corrected chi connectivity index (χ4v) is 5.95. The molecule has 2 amide bonds. The molecule has 3 aromatic rings. The Labute approximate surface area is 261 Å². The Morgan fingerprint density at radius 2 is 1.49 bits per heavy atom. The molecule has 0 aromatic heterocycles. The van der Waals surface area contributed by atoms with E-state index in [-0.39, 0.29) is 28.7 Å². The minimum Gasteiger partial charge on any atom is -0.350 e. The number of nitrogens with one attached hydrogen (secondary N) is 1. The number of carbonyl (C=O) groups excluding carboxylic acids is 2. The number of hydrogen-bond donors (Lipinski definition) is 1. The van der Waals surface area contributed by atoms with Gasteiger partial charge in [-0.25, -0.2) is 8.42 Å². The van der Waals surface area contributed by atoms with E-state index in [1.807, 2.05) is 51.1 Å².